The molecule has 0 aromatic carbocycles. The van der Waals surface area contributed by atoms with Gasteiger partial charge in [0.1, 0.15) is 4.60 Å². The van der Waals surface area contributed by atoms with Gasteiger partial charge in [0, 0.05) is 11.8 Å². The van der Waals surface area contributed by atoms with Gasteiger partial charge in [0.05, 0.1) is 5.60 Å². The Labute approximate surface area is 98.9 Å². The van der Waals surface area contributed by atoms with E-state index in [1.807, 2.05) is 13.0 Å². The molecule has 1 fully saturated rings. The van der Waals surface area contributed by atoms with E-state index in [2.05, 4.69) is 20.9 Å². The molecule has 1 aromatic rings. The number of rotatable bonds is 1. The van der Waals surface area contributed by atoms with Crippen LogP contribution in [0, 0.1) is 6.92 Å². The number of nitrogens with zero attached hydrogens (tertiary/aromatic N) is 1. The molecule has 0 bridgehead atoms. The van der Waals surface area contributed by atoms with Crippen LogP contribution in [0.25, 0.3) is 0 Å². The number of halogens is 1. The third-order valence-corrected chi connectivity index (χ3v) is 4.06. The average Bonchev–Trinajstić information content (AvgIpc) is 2.23. The SMILES string of the molecule is Cc1cc(C2(O)CCCCC2)cnc1Br. The molecule has 0 atom stereocenters. The molecule has 82 valence electrons. The maximum atomic E-state index is 10.5. The molecule has 1 heterocycles. The van der Waals surface area contributed by atoms with Crippen molar-refractivity contribution in [2.45, 2.75) is 44.6 Å². The molecule has 1 aliphatic rings. The Morgan fingerprint density at radius 1 is 1.33 bits per heavy atom. The van der Waals surface area contributed by atoms with Crippen molar-refractivity contribution in [3.63, 3.8) is 0 Å². The van der Waals surface area contributed by atoms with E-state index < -0.39 is 5.60 Å². The quantitative estimate of drug-likeness (QED) is 0.794. The predicted octanol–water partition coefficient (Wildman–Crippen LogP) is 3.30. The minimum atomic E-state index is -0.628. The molecule has 1 aliphatic carbocycles. The van der Waals surface area contributed by atoms with Crippen molar-refractivity contribution in [2.75, 3.05) is 0 Å². The van der Waals surface area contributed by atoms with E-state index in [0.717, 1.165) is 41.4 Å². The second kappa shape index (κ2) is 4.22. The molecule has 1 N–H and O–H groups in total. The van der Waals surface area contributed by atoms with E-state index in [1.165, 1.54) is 6.42 Å². The van der Waals surface area contributed by atoms with Crippen LogP contribution >= 0.6 is 15.9 Å². The van der Waals surface area contributed by atoms with E-state index in [0.29, 0.717) is 0 Å². The molecular formula is C12H16BrNO. The monoisotopic (exact) mass is 269 g/mol. The number of aliphatic hydroxyl groups is 1. The number of aryl methyl sites for hydroxylation is 1. The van der Waals surface area contributed by atoms with Crippen LogP contribution in [0.4, 0.5) is 0 Å². The fraction of sp³-hybridized carbons (Fsp3) is 0.583. The lowest BCUT2D eigenvalue weighted by molar-refractivity contribution is -0.000998. The van der Waals surface area contributed by atoms with Crippen LogP contribution in [-0.4, -0.2) is 10.1 Å². The lowest BCUT2D eigenvalue weighted by Gasteiger charge is -2.32. The number of hydrogen-bond acceptors (Lipinski definition) is 2. The summed E-state index contributed by atoms with van der Waals surface area (Å²) in [6.07, 6.45) is 7.01. The van der Waals surface area contributed by atoms with Gasteiger partial charge in [-0.25, -0.2) is 4.98 Å². The van der Waals surface area contributed by atoms with E-state index in [-0.39, 0.29) is 0 Å². The van der Waals surface area contributed by atoms with E-state index in [9.17, 15) is 5.11 Å². The third-order valence-electron chi connectivity index (χ3n) is 3.23. The first-order valence-electron chi connectivity index (χ1n) is 5.47. The van der Waals surface area contributed by atoms with Crippen molar-refractivity contribution in [2.24, 2.45) is 0 Å². The van der Waals surface area contributed by atoms with Gasteiger partial charge < -0.3 is 5.11 Å². The largest absolute Gasteiger partial charge is 0.385 e. The van der Waals surface area contributed by atoms with Crippen molar-refractivity contribution in [3.05, 3.63) is 28.0 Å². The topological polar surface area (TPSA) is 33.1 Å². The molecule has 2 nitrogen and oxygen atoms in total. The Hall–Kier alpha value is -0.410. The zero-order valence-electron chi connectivity index (χ0n) is 8.96. The zero-order valence-corrected chi connectivity index (χ0v) is 10.5. The van der Waals surface area contributed by atoms with Crippen LogP contribution < -0.4 is 0 Å². The molecule has 15 heavy (non-hydrogen) atoms. The first-order valence-corrected chi connectivity index (χ1v) is 6.26. The number of aromatic nitrogens is 1. The van der Waals surface area contributed by atoms with Crippen molar-refractivity contribution < 1.29 is 5.11 Å². The molecule has 0 spiro atoms. The highest BCUT2D eigenvalue weighted by molar-refractivity contribution is 9.10. The molecule has 0 amide bonds. The normalized spacial score (nSPS) is 20.2. The van der Waals surface area contributed by atoms with Gasteiger partial charge in [-0.3, -0.25) is 0 Å². The summed E-state index contributed by atoms with van der Waals surface area (Å²) in [5.41, 5.74) is 1.44. The van der Waals surface area contributed by atoms with Gasteiger partial charge >= 0.3 is 0 Å². The Balaban J connectivity index is 2.31. The number of pyridine rings is 1. The molecule has 0 saturated heterocycles. The minimum absolute atomic E-state index is 0.628. The van der Waals surface area contributed by atoms with E-state index in [4.69, 9.17) is 0 Å². The van der Waals surface area contributed by atoms with Gasteiger partial charge in [-0.2, -0.15) is 0 Å². The highest BCUT2D eigenvalue weighted by Gasteiger charge is 2.31. The lowest BCUT2D eigenvalue weighted by atomic mass is 9.80. The first-order chi connectivity index (χ1) is 7.12. The zero-order chi connectivity index (χ0) is 10.9. The van der Waals surface area contributed by atoms with Crippen LogP contribution in [0.1, 0.15) is 43.2 Å². The molecule has 1 saturated carbocycles. The maximum absolute atomic E-state index is 10.5. The average molecular weight is 270 g/mol. The summed E-state index contributed by atoms with van der Waals surface area (Å²) in [5, 5.41) is 10.5. The van der Waals surface area contributed by atoms with Gasteiger partial charge in [0.15, 0.2) is 0 Å². The highest BCUT2D eigenvalue weighted by atomic mass is 79.9. The van der Waals surface area contributed by atoms with Gasteiger partial charge in [-0.1, -0.05) is 19.3 Å². The Morgan fingerprint density at radius 3 is 2.60 bits per heavy atom. The second-order valence-corrected chi connectivity index (χ2v) is 5.18. The van der Waals surface area contributed by atoms with Crippen LogP contribution in [0.5, 0.6) is 0 Å². The summed E-state index contributed by atoms with van der Waals surface area (Å²) in [7, 11) is 0. The molecule has 3 heteroatoms. The van der Waals surface area contributed by atoms with Crippen LogP contribution in [0.3, 0.4) is 0 Å². The molecule has 0 radical (unpaired) electrons. The summed E-state index contributed by atoms with van der Waals surface area (Å²) in [5.74, 6) is 0. The Kier molecular flexibility index (Phi) is 3.12. The number of hydrogen-bond donors (Lipinski definition) is 1. The summed E-state index contributed by atoms with van der Waals surface area (Å²) < 4.78 is 0.866. The van der Waals surface area contributed by atoms with Crippen molar-refractivity contribution in [1.29, 1.82) is 0 Å². The van der Waals surface area contributed by atoms with Gasteiger partial charge in [-0.15, -0.1) is 0 Å². The molecule has 2 rings (SSSR count). The van der Waals surface area contributed by atoms with Gasteiger partial charge in [-0.05, 0) is 47.3 Å². The predicted molar refractivity (Wildman–Crippen MR) is 63.7 cm³/mol. The molecule has 0 aliphatic heterocycles. The van der Waals surface area contributed by atoms with E-state index >= 15 is 0 Å². The summed E-state index contributed by atoms with van der Waals surface area (Å²) >= 11 is 3.38. The Bertz CT molecular complexity index is 359. The van der Waals surface area contributed by atoms with Crippen LogP contribution in [0.15, 0.2) is 16.9 Å². The lowest BCUT2D eigenvalue weighted by Crippen LogP contribution is -2.28. The smallest absolute Gasteiger partial charge is 0.108 e. The summed E-state index contributed by atoms with van der Waals surface area (Å²) in [4.78, 5) is 4.26. The Morgan fingerprint density at radius 2 is 2.00 bits per heavy atom. The van der Waals surface area contributed by atoms with Crippen molar-refractivity contribution >= 4 is 15.9 Å². The summed E-state index contributed by atoms with van der Waals surface area (Å²) in [6.45, 7) is 2.01. The molecular weight excluding hydrogens is 254 g/mol. The fourth-order valence-corrected chi connectivity index (χ4v) is 2.45. The van der Waals surface area contributed by atoms with Gasteiger partial charge in [0.2, 0.25) is 0 Å². The minimum Gasteiger partial charge on any atom is -0.385 e. The van der Waals surface area contributed by atoms with Crippen LogP contribution in [-0.2, 0) is 5.60 Å². The van der Waals surface area contributed by atoms with Gasteiger partial charge in [0.25, 0.3) is 0 Å². The highest BCUT2D eigenvalue weighted by Crippen LogP contribution is 2.37. The second-order valence-electron chi connectivity index (χ2n) is 4.42. The molecule has 0 unspecified atom stereocenters. The van der Waals surface area contributed by atoms with Crippen LogP contribution in [0.2, 0.25) is 0 Å². The van der Waals surface area contributed by atoms with Crippen molar-refractivity contribution in [1.82, 2.24) is 4.98 Å². The summed E-state index contributed by atoms with van der Waals surface area (Å²) in [6, 6.07) is 2.04. The first kappa shape index (κ1) is 11.1. The van der Waals surface area contributed by atoms with E-state index in [1.54, 1.807) is 6.20 Å². The van der Waals surface area contributed by atoms with Crippen molar-refractivity contribution in [3.8, 4) is 0 Å². The fourth-order valence-electron chi connectivity index (χ4n) is 2.24. The standard InChI is InChI=1S/C12H16BrNO/c1-9-7-10(8-14-11(9)13)12(15)5-3-2-4-6-12/h7-8,15H,2-6H2,1H3. The molecule has 1 aromatic heterocycles. The third kappa shape index (κ3) is 2.23. The maximum Gasteiger partial charge on any atom is 0.108 e.